The highest BCUT2D eigenvalue weighted by Crippen LogP contribution is 2.32. The Hall–Kier alpha value is -3.90. The lowest BCUT2D eigenvalue weighted by atomic mass is 10.1. The maximum Gasteiger partial charge on any atom is 0.277 e. The van der Waals surface area contributed by atoms with Crippen LogP contribution in [0.1, 0.15) is 12.0 Å². The first-order chi connectivity index (χ1) is 16.2. The van der Waals surface area contributed by atoms with Gasteiger partial charge in [-0.05, 0) is 48.9 Å². The Morgan fingerprint density at radius 2 is 1.76 bits per heavy atom. The molecule has 5 rings (SSSR count). The predicted octanol–water partition coefficient (Wildman–Crippen LogP) is 4.48. The van der Waals surface area contributed by atoms with E-state index in [1.54, 1.807) is 11.6 Å². The smallest absolute Gasteiger partial charge is 0.277 e. The summed E-state index contributed by atoms with van der Waals surface area (Å²) in [5, 5.41) is 0.942. The van der Waals surface area contributed by atoms with Crippen LogP contribution in [-0.4, -0.2) is 20.7 Å². The van der Waals surface area contributed by atoms with E-state index in [1.165, 1.54) is 0 Å². The minimum absolute atomic E-state index is 0.123. The highest BCUT2D eigenvalue weighted by atomic mass is 16.5. The molecule has 0 unspecified atom stereocenters. The first-order valence-electron chi connectivity index (χ1n) is 11.1. The Kier molecular flexibility index (Phi) is 5.67. The molecule has 0 spiro atoms. The van der Waals surface area contributed by atoms with E-state index < -0.39 is 0 Å². The fraction of sp³-hybridized carbons (Fsp3) is 0.185. The summed E-state index contributed by atoms with van der Waals surface area (Å²) in [5.41, 5.74) is 10.6. The molecular weight excluding hydrogens is 412 g/mol. The summed E-state index contributed by atoms with van der Waals surface area (Å²) in [6.07, 6.45) is 2.86. The molecule has 6 nitrogen and oxygen atoms in total. The van der Waals surface area contributed by atoms with Crippen LogP contribution >= 0.6 is 0 Å². The Morgan fingerprint density at radius 3 is 2.58 bits per heavy atom. The Labute approximate surface area is 191 Å². The maximum atomic E-state index is 13.3. The van der Waals surface area contributed by atoms with Gasteiger partial charge in [0.15, 0.2) is 0 Å². The van der Waals surface area contributed by atoms with E-state index in [0.29, 0.717) is 18.8 Å². The predicted molar refractivity (Wildman–Crippen MR) is 132 cm³/mol. The van der Waals surface area contributed by atoms with Crippen LogP contribution in [0.25, 0.3) is 33.2 Å². The van der Waals surface area contributed by atoms with E-state index in [4.69, 9.17) is 15.5 Å². The molecule has 0 saturated heterocycles. The zero-order chi connectivity index (χ0) is 22.8. The number of hydrogen-bond donors (Lipinski definition) is 1. The van der Waals surface area contributed by atoms with Gasteiger partial charge < -0.3 is 19.6 Å². The number of nitrogens with zero attached hydrogens (tertiary/aromatic N) is 3. The van der Waals surface area contributed by atoms with Gasteiger partial charge in [0.05, 0.1) is 11.0 Å². The van der Waals surface area contributed by atoms with Gasteiger partial charge in [-0.1, -0.05) is 42.5 Å². The van der Waals surface area contributed by atoms with Crippen molar-refractivity contribution in [1.29, 1.82) is 0 Å². The molecule has 2 N–H and O–H groups in total. The van der Waals surface area contributed by atoms with Gasteiger partial charge in [-0.2, -0.15) is 0 Å². The molecule has 0 saturated carbocycles. The molecule has 2 aromatic heterocycles. The van der Waals surface area contributed by atoms with Gasteiger partial charge in [0.2, 0.25) is 0 Å². The summed E-state index contributed by atoms with van der Waals surface area (Å²) in [5.74, 6) is 0.752. The first kappa shape index (κ1) is 21.0. The quantitative estimate of drug-likeness (QED) is 0.406. The third kappa shape index (κ3) is 4.01. The summed E-state index contributed by atoms with van der Waals surface area (Å²) in [6.45, 7) is 1.85. The third-order valence-corrected chi connectivity index (χ3v) is 5.94. The molecule has 0 aliphatic heterocycles. The lowest BCUT2D eigenvalue weighted by Crippen LogP contribution is -2.20. The molecule has 0 aliphatic carbocycles. The minimum Gasteiger partial charge on any atom is -0.489 e. The van der Waals surface area contributed by atoms with Gasteiger partial charge in [-0.3, -0.25) is 4.79 Å². The molecule has 2 heterocycles. The van der Waals surface area contributed by atoms with Crippen LogP contribution in [0.3, 0.4) is 0 Å². The third-order valence-electron chi connectivity index (χ3n) is 5.94. The largest absolute Gasteiger partial charge is 0.489 e. The molecule has 0 atom stereocenters. The highest BCUT2D eigenvalue weighted by Gasteiger charge is 2.17. The molecule has 0 amide bonds. The van der Waals surface area contributed by atoms with E-state index in [1.807, 2.05) is 79.0 Å². The fourth-order valence-electron chi connectivity index (χ4n) is 4.20. The molecule has 166 valence electrons. The van der Waals surface area contributed by atoms with Crippen LogP contribution in [0.5, 0.6) is 5.75 Å². The van der Waals surface area contributed by atoms with E-state index in [9.17, 15) is 4.79 Å². The van der Waals surface area contributed by atoms with Crippen LogP contribution in [0.2, 0.25) is 0 Å². The van der Waals surface area contributed by atoms with Gasteiger partial charge in [-0.15, -0.1) is 0 Å². The highest BCUT2D eigenvalue weighted by molar-refractivity contribution is 5.96. The molecule has 6 heteroatoms. The summed E-state index contributed by atoms with van der Waals surface area (Å²) < 4.78 is 9.88. The van der Waals surface area contributed by atoms with Gasteiger partial charge in [0.1, 0.15) is 18.1 Å². The molecule has 33 heavy (non-hydrogen) atoms. The number of nitrogens with two attached hydrogens (primary N) is 1. The van der Waals surface area contributed by atoms with E-state index in [2.05, 4.69) is 4.57 Å². The van der Waals surface area contributed by atoms with Gasteiger partial charge in [-0.25, -0.2) is 4.98 Å². The van der Waals surface area contributed by atoms with Crippen molar-refractivity contribution in [2.45, 2.75) is 19.6 Å². The van der Waals surface area contributed by atoms with Crippen molar-refractivity contribution in [2.75, 3.05) is 6.54 Å². The zero-order valence-corrected chi connectivity index (χ0v) is 18.6. The second-order valence-electron chi connectivity index (χ2n) is 8.14. The maximum absolute atomic E-state index is 13.3. The molecule has 0 fully saturated rings. The topological polar surface area (TPSA) is 75.1 Å². The Balaban J connectivity index is 1.63. The normalized spacial score (nSPS) is 11.3. The molecule has 0 radical (unpaired) electrons. The van der Waals surface area contributed by atoms with Crippen LogP contribution < -0.4 is 16.0 Å². The van der Waals surface area contributed by atoms with Crippen molar-refractivity contribution >= 4 is 21.9 Å². The second kappa shape index (κ2) is 8.92. The lowest BCUT2D eigenvalue weighted by Gasteiger charge is -2.09. The van der Waals surface area contributed by atoms with Crippen molar-refractivity contribution in [3.63, 3.8) is 0 Å². The van der Waals surface area contributed by atoms with Crippen molar-refractivity contribution in [3.05, 3.63) is 94.9 Å². The van der Waals surface area contributed by atoms with Crippen molar-refractivity contribution in [1.82, 2.24) is 14.1 Å². The van der Waals surface area contributed by atoms with Gasteiger partial charge in [0, 0.05) is 36.3 Å². The van der Waals surface area contributed by atoms with Crippen LogP contribution in [0.4, 0.5) is 0 Å². The zero-order valence-electron chi connectivity index (χ0n) is 18.6. The van der Waals surface area contributed by atoms with Crippen molar-refractivity contribution in [3.8, 4) is 17.0 Å². The number of aromatic nitrogens is 3. The first-order valence-corrected chi connectivity index (χ1v) is 11.1. The van der Waals surface area contributed by atoms with Gasteiger partial charge in [0.25, 0.3) is 5.56 Å². The van der Waals surface area contributed by atoms with Crippen LogP contribution in [0.15, 0.2) is 83.8 Å². The fourth-order valence-corrected chi connectivity index (χ4v) is 4.20. The number of benzene rings is 3. The molecule has 5 aromatic rings. The summed E-state index contributed by atoms with van der Waals surface area (Å²) >= 11 is 0. The van der Waals surface area contributed by atoms with E-state index in [0.717, 1.165) is 51.8 Å². The molecular formula is C27H26N4O2. The standard InChI is InChI=1S/C27H26N4O2/c1-30-25-11-6-5-10-23(25)29-26(27(30)32)22-17-31(15-7-14-28)24-13-12-20(16-21(22)24)33-18-19-8-3-2-4-9-19/h2-6,8-13,16-17H,7,14-15,18,28H2,1H3. The lowest BCUT2D eigenvalue weighted by molar-refractivity contribution is 0.306. The van der Waals surface area contributed by atoms with Crippen LogP contribution in [0, 0.1) is 0 Å². The molecule has 3 aromatic carbocycles. The monoisotopic (exact) mass is 438 g/mol. The van der Waals surface area contributed by atoms with Crippen molar-refractivity contribution < 1.29 is 4.74 Å². The number of rotatable bonds is 7. The molecule has 0 bridgehead atoms. The average Bonchev–Trinajstić information content (AvgIpc) is 3.22. The van der Waals surface area contributed by atoms with E-state index in [-0.39, 0.29) is 5.56 Å². The number of fused-ring (bicyclic) bond motifs is 2. The van der Waals surface area contributed by atoms with E-state index >= 15 is 0 Å². The SMILES string of the molecule is Cn1c(=O)c(-c2cn(CCCN)c3ccc(OCc4ccccc4)cc23)nc2ccccc21. The Morgan fingerprint density at radius 1 is 0.970 bits per heavy atom. The average molecular weight is 439 g/mol. The number of ether oxygens (including phenoxy) is 1. The van der Waals surface area contributed by atoms with Gasteiger partial charge >= 0.3 is 0 Å². The number of para-hydroxylation sites is 2. The summed E-state index contributed by atoms with van der Waals surface area (Å²) in [6, 6.07) is 23.8. The number of aryl methyl sites for hydroxylation is 2. The van der Waals surface area contributed by atoms with Crippen molar-refractivity contribution in [2.24, 2.45) is 12.8 Å². The number of hydrogen-bond acceptors (Lipinski definition) is 4. The molecule has 0 aliphatic rings. The summed E-state index contributed by atoms with van der Waals surface area (Å²) in [4.78, 5) is 18.0. The summed E-state index contributed by atoms with van der Waals surface area (Å²) in [7, 11) is 1.79. The second-order valence-corrected chi connectivity index (χ2v) is 8.14. The minimum atomic E-state index is -0.123. The Bertz CT molecular complexity index is 1490. The van der Waals surface area contributed by atoms with Crippen LogP contribution in [-0.2, 0) is 20.2 Å².